The minimum Gasteiger partial charge on any atom is -0.368 e. The van der Waals surface area contributed by atoms with E-state index < -0.39 is 25.4 Å². The van der Waals surface area contributed by atoms with E-state index in [0.717, 1.165) is 32.1 Å². The smallest absolute Gasteiger partial charge is 0.237 e. The Morgan fingerprint density at radius 1 is 1.00 bits per heavy atom. The van der Waals surface area contributed by atoms with Crippen molar-refractivity contribution in [2.45, 2.75) is 43.7 Å². The van der Waals surface area contributed by atoms with E-state index in [9.17, 15) is 21.6 Å². The summed E-state index contributed by atoms with van der Waals surface area (Å²) in [6.07, 6.45) is 5.53. The second-order valence-electron chi connectivity index (χ2n) is 8.33. The van der Waals surface area contributed by atoms with E-state index in [4.69, 9.17) is 5.73 Å². The topological polar surface area (TPSA) is 121 Å². The van der Waals surface area contributed by atoms with Crippen LogP contribution >= 0.6 is 0 Å². The number of sulfone groups is 1. The van der Waals surface area contributed by atoms with Crippen LogP contribution in [0.5, 0.6) is 0 Å². The second kappa shape index (κ2) is 8.17. The highest BCUT2D eigenvalue weighted by Crippen LogP contribution is 2.43. The fraction of sp³-hybridized carbons (Fsp3) is 0.941. The summed E-state index contributed by atoms with van der Waals surface area (Å²) >= 11 is 0. The van der Waals surface area contributed by atoms with Crippen molar-refractivity contribution in [2.75, 3.05) is 57.0 Å². The number of primary amides is 1. The molecular formula is C17H32N4O5S2. The molecule has 0 saturated carbocycles. The van der Waals surface area contributed by atoms with E-state index in [0.29, 0.717) is 39.3 Å². The first-order chi connectivity index (χ1) is 13.0. The fourth-order valence-corrected chi connectivity index (χ4v) is 6.97. The molecule has 3 rings (SSSR count). The molecule has 9 nitrogen and oxygen atoms in total. The number of fused-ring (bicyclic) bond motifs is 2. The predicted octanol–water partition coefficient (Wildman–Crippen LogP) is -1.15. The standard InChI is InChI=1S/C17H32N4O5S2/c1-27(23,24)20-9-7-19(8-10-20)11-13-28(25,26)14-12-21-15-3-2-5-17(21,6-4-15)16(18)22/h15H,2-14H2,1H3,(H2,18,22)/t15-,17+/m1/s1. The van der Waals surface area contributed by atoms with E-state index in [1.165, 1.54) is 10.6 Å². The number of hydrogen-bond donors (Lipinski definition) is 1. The minimum absolute atomic E-state index is 0.0296. The Bertz CT molecular complexity index is 788. The highest BCUT2D eigenvalue weighted by Gasteiger charge is 2.52. The van der Waals surface area contributed by atoms with Crippen molar-refractivity contribution in [3.8, 4) is 0 Å². The van der Waals surface area contributed by atoms with Crippen molar-refractivity contribution in [3.63, 3.8) is 0 Å². The summed E-state index contributed by atoms with van der Waals surface area (Å²) in [5, 5.41) is 0. The summed E-state index contributed by atoms with van der Waals surface area (Å²) in [5.74, 6) is -0.244. The van der Waals surface area contributed by atoms with Gasteiger partial charge in [-0.25, -0.2) is 16.8 Å². The molecule has 11 heteroatoms. The highest BCUT2D eigenvalue weighted by molar-refractivity contribution is 7.91. The van der Waals surface area contributed by atoms with Crippen LogP contribution in [0.3, 0.4) is 0 Å². The highest BCUT2D eigenvalue weighted by atomic mass is 32.2. The Kier molecular flexibility index (Phi) is 6.41. The summed E-state index contributed by atoms with van der Waals surface area (Å²) in [6.45, 7) is 2.65. The summed E-state index contributed by atoms with van der Waals surface area (Å²) in [5.41, 5.74) is 5.03. The van der Waals surface area contributed by atoms with Crippen molar-refractivity contribution in [1.82, 2.24) is 14.1 Å². The molecule has 3 fully saturated rings. The van der Waals surface area contributed by atoms with E-state index in [1.54, 1.807) is 0 Å². The predicted molar refractivity (Wildman–Crippen MR) is 107 cm³/mol. The van der Waals surface area contributed by atoms with Crippen LogP contribution in [-0.4, -0.2) is 105 Å². The first kappa shape index (κ1) is 21.9. The Hall–Kier alpha value is -0.750. The van der Waals surface area contributed by atoms with Crippen LogP contribution < -0.4 is 5.73 Å². The average Bonchev–Trinajstić information content (AvgIpc) is 2.82. The number of piperazine rings is 1. The molecule has 0 radical (unpaired) electrons. The van der Waals surface area contributed by atoms with Gasteiger partial charge >= 0.3 is 0 Å². The first-order valence-corrected chi connectivity index (χ1v) is 13.7. The van der Waals surface area contributed by atoms with Gasteiger partial charge in [0.25, 0.3) is 0 Å². The summed E-state index contributed by atoms with van der Waals surface area (Å²) in [7, 11) is -6.45. The molecule has 2 N–H and O–H groups in total. The van der Waals surface area contributed by atoms with Gasteiger partial charge in [-0.05, 0) is 32.1 Å². The van der Waals surface area contributed by atoms with Crippen LogP contribution in [-0.2, 0) is 24.7 Å². The number of nitrogens with zero attached hydrogens (tertiary/aromatic N) is 3. The van der Waals surface area contributed by atoms with E-state index in [1.807, 2.05) is 4.90 Å². The van der Waals surface area contributed by atoms with Crippen molar-refractivity contribution in [2.24, 2.45) is 5.73 Å². The van der Waals surface area contributed by atoms with Gasteiger partial charge in [0.1, 0.15) is 5.54 Å². The maximum Gasteiger partial charge on any atom is 0.237 e. The lowest BCUT2D eigenvalue weighted by Gasteiger charge is -2.42. The molecule has 3 heterocycles. The monoisotopic (exact) mass is 436 g/mol. The van der Waals surface area contributed by atoms with Crippen molar-refractivity contribution in [1.29, 1.82) is 0 Å². The maximum atomic E-state index is 12.6. The molecule has 3 saturated heterocycles. The van der Waals surface area contributed by atoms with Crippen molar-refractivity contribution < 1.29 is 21.6 Å². The van der Waals surface area contributed by atoms with E-state index >= 15 is 0 Å². The Morgan fingerprint density at radius 3 is 2.25 bits per heavy atom. The number of carbonyl (C=O) groups excluding carboxylic acids is 1. The van der Waals surface area contributed by atoms with Crippen molar-refractivity contribution in [3.05, 3.63) is 0 Å². The lowest BCUT2D eigenvalue weighted by atomic mass is 9.87. The molecule has 2 bridgehead atoms. The number of piperidine rings is 1. The van der Waals surface area contributed by atoms with Crippen LogP contribution in [0.15, 0.2) is 0 Å². The van der Waals surface area contributed by atoms with Crippen LogP contribution in [0.2, 0.25) is 0 Å². The van der Waals surface area contributed by atoms with Gasteiger partial charge in [-0.1, -0.05) is 0 Å². The SMILES string of the molecule is CS(=O)(=O)N1CCN(CCS(=O)(=O)CCN2[C@@H]3CCC[C@@]2(C(N)=O)CC3)CC1. The van der Waals surface area contributed by atoms with Crippen LogP contribution in [0, 0.1) is 0 Å². The molecule has 2 atom stereocenters. The molecule has 0 aromatic rings. The third-order valence-corrected chi connectivity index (χ3v) is 9.54. The Balaban J connectivity index is 1.49. The zero-order valence-electron chi connectivity index (χ0n) is 16.5. The van der Waals surface area contributed by atoms with E-state index in [2.05, 4.69) is 4.90 Å². The lowest BCUT2D eigenvalue weighted by molar-refractivity contribution is -0.131. The maximum absolute atomic E-state index is 12.6. The average molecular weight is 437 g/mol. The second-order valence-corrected chi connectivity index (χ2v) is 12.6. The fourth-order valence-electron chi connectivity index (χ4n) is 4.93. The van der Waals surface area contributed by atoms with Gasteiger partial charge in [-0.3, -0.25) is 14.6 Å². The molecule has 0 aromatic carbocycles. The first-order valence-electron chi connectivity index (χ1n) is 9.98. The van der Waals surface area contributed by atoms with Gasteiger partial charge in [0.2, 0.25) is 15.9 Å². The zero-order valence-corrected chi connectivity index (χ0v) is 18.2. The number of nitrogens with two attached hydrogens (primary N) is 1. The van der Waals surface area contributed by atoms with Gasteiger partial charge in [0.15, 0.2) is 9.84 Å². The largest absolute Gasteiger partial charge is 0.368 e. The summed E-state index contributed by atoms with van der Waals surface area (Å²) in [4.78, 5) is 16.1. The van der Waals surface area contributed by atoms with Gasteiger partial charge < -0.3 is 5.73 Å². The summed E-state index contributed by atoms with van der Waals surface area (Å²) < 4.78 is 49.7. The van der Waals surface area contributed by atoms with Gasteiger partial charge in [0, 0.05) is 45.3 Å². The normalized spacial score (nSPS) is 30.5. The third kappa shape index (κ3) is 4.69. The molecule has 162 valence electrons. The molecule has 0 spiro atoms. The number of amides is 1. The molecule has 0 unspecified atom stereocenters. The number of sulfonamides is 1. The number of carbonyl (C=O) groups is 1. The molecule has 1 amide bonds. The summed E-state index contributed by atoms with van der Waals surface area (Å²) in [6, 6.07) is 0.264. The Labute approximate surface area is 168 Å². The number of rotatable bonds is 8. The van der Waals surface area contributed by atoms with Gasteiger partial charge in [0.05, 0.1) is 17.8 Å². The van der Waals surface area contributed by atoms with Crippen LogP contribution in [0.1, 0.15) is 32.1 Å². The quantitative estimate of drug-likeness (QED) is 0.510. The minimum atomic E-state index is -3.26. The van der Waals surface area contributed by atoms with Crippen molar-refractivity contribution >= 4 is 25.8 Å². The Morgan fingerprint density at radius 2 is 1.64 bits per heavy atom. The molecule has 28 heavy (non-hydrogen) atoms. The molecule has 0 aliphatic carbocycles. The van der Waals surface area contributed by atoms with Crippen LogP contribution in [0.25, 0.3) is 0 Å². The molecule has 3 aliphatic rings. The molecular weight excluding hydrogens is 404 g/mol. The number of hydrogen-bond acceptors (Lipinski definition) is 7. The van der Waals surface area contributed by atoms with Gasteiger partial charge in [-0.15, -0.1) is 0 Å². The molecule has 3 aliphatic heterocycles. The van der Waals surface area contributed by atoms with Gasteiger partial charge in [-0.2, -0.15) is 4.31 Å². The third-order valence-electron chi connectivity index (χ3n) is 6.63. The lowest BCUT2D eigenvalue weighted by Crippen LogP contribution is -2.59. The van der Waals surface area contributed by atoms with E-state index in [-0.39, 0.29) is 23.5 Å². The van der Waals surface area contributed by atoms with Crippen LogP contribution in [0.4, 0.5) is 0 Å². The molecule has 0 aromatic heterocycles. The zero-order chi connectivity index (χ0) is 20.6.